The summed E-state index contributed by atoms with van der Waals surface area (Å²) in [7, 11) is 0. The summed E-state index contributed by atoms with van der Waals surface area (Å²) in [5.41, 5.74) is 1.69. The Bertz CT molecular complexity index is 666. The van der Waals surface area contributed by atoms with Crippen molar-refractivity contribution in [2.45, 2.75) is 38.7 Å². The van der Waals surface area contributed by atoms with Crippen molar-refractivity contribution in [3.63, 3.8) is 0 Å². The van der Waals surface area contributed by atoms with Gasteiger partial charge in [0.25, 0.3) is 5.91 Å². The van der Waals surface area contributed by atoms with Gasteiger partial charge in [0.2, 0.25) is 0 Å². The van der Waals surface area contributed by atoms with Gasteiger partial charge >= 0.3 is 0 Å². The third kappa shape index (κ3) is 4.03. The zero-order valence-electron chi connectivity index (χ0n) is 14.3. The Labute approximate surface area is 142 Å². The second kappa shape index (κ2) is 7.62. The van der Waals surface area contributed by atoms with Crippen LogP contribution in [0.5, 0.6) is 0 Å². The Kier molecular flexibility index (Phi) is 5.30. The van der Waals surface area contributed by atoms with E-state index < -0.39 is 0 Å². The number of benzene rings is 1. The second-order valence-corrected chi connectivity index (χ2v) is 6.54. The smallest absolute Gasteiger partial charge is 0.276 e. The topological polar surface area (TPSA) is 55.6 Å². The molecule has 24 heavy (non-hydrogen) atoms. The summed E-state index contributed by atoms with van der Waals surface area (Å²) in [5.74, 6) is 0.897. The third-order valence-electron chi connectivity index (χ3n) is 4.34. The first-order valence-corrected chi connectivity index (χ1v) is 8.55. The van der Waals surface area contributed by atoms with E-state index in [1.54, 1.807) is 6.07 Å². The molecule has 5 heteroatoms. The molecular formula is C19H24N2O3. The SMILES string of the molecule is CC(C)c1cc(C(=O)N2CCO[C@H](CCc3ccccc3)C2)no1. The van der Waals surface area contributed by atoms with E-state index in [0.29, 0.717) is 25.4 Å². The molecule has 5 nitrogen and oxygen atoms in total. The number of hydrogen-bond acceptors (Lipinski definition) is 4. The first-order chi connectivity index (χ1) is 11.6. The van der Waals surface area contributed by atoms with Gasteiger partial charge in [0.15, 0.2) is 5.69 Å². The highest BCUT2D eigenvalue weighted by atomic mass is 16.5. The molecule has 0 radical (unpaired) electrons. The van der Waals surface area contributed by atoms with E-state index in [-0.39, 0.29) is 17.9 Å². The zero-order chi connectivity index (χ0) is 16.9. The lowest BCUT2D eigenvalue weighted by Gasteiger charge is -2.32. The molecule has 1 aliphatic heterocycles. The predicted molar refractivity (Wildman–Crippen MR) is 91.0 cm³/mol. The van der Waals surface area contributed by atoms with Gasteiger partial charge in [0, 0.05) is 25.1 Å². The lowest BCUT2D eigenvalue weighted by molar-refractivity contribution is -0.0249. The van der Waals surface area contributed by atoms with Crippen LogP contribution in [0.15, 0.2) is 40.9 Å². The Morgan fingerprint density at radius 2 is 2.12 bits per heavy atom. The second-order valence-electron chi connectivity index (χ2n) is 6.54. The number of aromatic nitrogens is 1. The Morgan fingerprint density at radius 1 is 1.33 bits per heavy atom. The van der Waals surface area contributed by atoms with E-state index in [1.165, 1.54) is 5.56 Å². The molecule has 1 aliphatic rings. The Hall–Kier alpha value is -2.14. The van der Waals surface area contributed by atoms with E-state index in [4.69, 9.17) is 9.26 Å². The molecule has 0 saturated carbocycles. The van der Waals surface area contributed by atoms with Gasteiger partial charge in [-0.15, -0.1) is 0 Å². The van der Waals surface area contributed by atoms with Gasteiger partial charge in [-0.2, -0.15) is 0 Å². The number of rotatable bonds is 5. The molecule has 1 aromatic heterocycles. The summed E-state index contributed by atoms with van der Waals surface area (Å²) >= 11 is 0. The fraction of sp³-hybridized carbons (Fsp3) is 0.474. The van der Waals surface area contributed by atoms with Crippen molar-refractivity contribution >= 4 is 5.91 Å². The Balaban J connectivity index is 1.57. The molecule has 1 saturated heterocycles. The average molecular weight is 328 g/mol. The fourth-order valence-electron chi connectivity index (χ4n) is 2.87. The number of nitrogens with zero attached hydrogens (tertiary/aromatic N) is 2. The van der Waals surface area contributed by atoms with Crippen molar-refractivity contribution in [1.82, 2.24) is 10.1 Å². The lowest BCUT2D eigenvalue weighted by atomic mass is 10.1. The highest BCUT2D eigenvalue weighted by Crippen LogP contribution is 2.18. The highest BCUT2D eigenvalue weighted by Gasteiger charge is 2.27. The zero-order valence-corrected chi connectivity index (χ0v) is 14.3. The molecule has 0 aliphatic carbocycles. The van der Waals surface area contributed by atoms with Crippen LogP contribution in [0.25, 0.3) is 0 Å². The van der Waals surface area contributed by atoms with E-state index in [0.717, 1.165) is 18.6 Å². The molecule has 1 fully saturated rings. The monoisotopic (exact) mass is 328 g/mol. The molecule has 1 aromatic carbocycles. The lowest BCUT2D eigenvalue weighted by Crippen LogP contribution is -2.45. The summed E-state index contributed by atoms with van der Waals surface area (Å²) < 4.78 is 11.1. The summed E-state index contributed by atoms with van der Waals surface area (Å²) in [6.45, 7) is 5.81. The molecular weight excluding hydrogens is 304 g/mol. The highest BCUT2D eigenvalue weighted by molar-refractivity contribution is 5.92. The van der Waals surface area contributed by atoms with Crippen LogP contribution in [0.3, 0.4) is 0 Å². The molecule has 0 N–H and O–H groups in total. The number of hydrogen-bond donors (Lipinski definition) is 0. The number of carbonyl (C=O) groups excluding carboxylic acids is 1. The molecule has 3 rings (SSSR count). The van der Waals surface area contributed by atoms with Crippen LogP contribution >= 0.6 is 0 Å². The van der Waals surface area contributed by atoms with Crippen LogP contribution in [0, 0.1) is 0 Å². The van der Waals surface area contributed by atoms with Crippen molar-refractivity contribution in [3.05, 3.63) is 53.4 Å². The standard InChI is InChI=1S/C19H24N2O3/c1-14(2)18-12-17(20-24-18)19(22)21-10-11-23-16(13-21)9-8-15-6-4-3-5-7-15/h3-7,12,14,16H,8-11,13H2,1-2H3/t16-/m1/s1. The number of carbonyl (C=O) groups is 1. The van der Waals surface area contributed by atoms with Gasteiger partial charge in [0.05, 0.1) is 12.7 Å². The van der Waals surface area contributed by atoms with Crippen LogP contribution in [0.1, 0.15) is 48.0 Å². The molecule has 1 amide bonds. The molecule has 2 heterocycles. The molecule has 128 valence electrons. The van der Waals surface area contributed by atoms with Crippen molar-refractivity contribution in [2.24, 2.45) is 0 Å². The average Bonchev–Trinajstić information content (AvgIpc) is 3.11. The van der Waals surface area contributed by atoms with E-state index >= 15 is 0 Å². The first-order valence-electron chi connectivity index (χ1n) is 8.55. The van der Waals surface area contributed by atoms with Crippen LogP contribution in [0.2, 0.25) is 0 Å². The largest absolute Gasteiger partial charge is 0.375 e. The molecule has 2 aromatic rings. The van der Waals surface area contributed by atoms with Crippen LogP contribution in [-0.4, -0.2) is 41.8 Å². The van der Waals surface area contributed by atoms with Gasteiger partial charge in [-0.1, -0.05) is 49.3 Å². The number of morpholine rings is 1. The van der Waals surface area contributed by atoms with Crippen molar-refractivity contribution in [1.29, 1.82) is 0 Å². The van der Waals surface area contributed by atoms with E-state index in [9.17, 15) is 4.79 Å². The van der Waals surface area contributed by atoms with Crippen LogP contribution < -0.4 is 0 Å². The maximum Gasteiger partial charge on any atom is 0.276 e. The summed E-state index contributed by atoms with van der Waals surface area (Å²) in [6, 6.07) is 12.1. The van der Waals surface area contributed by atoms with Gasteiger partial charge in [-0.05, 0) is 18.4 Å². The first kappa shape index (κ1) is 16.7. The van der Waals surface area contributed by atoms with Gasteiger partial charge in [0.1, 0.15) is 5.76 Å². The number of ether oxygens (including phenoxy) is 1. The minimum absolute atomic E-state index is 0.0689. The minimum Gasteiger partial charge on any atom is -0.375 e. The van der Waals surface area contributed by atoms with Gasteiger partial charge in [-0.3, -0.25) is 4.79 Å². The van der Waals surface area contributed by atoms with Gasteiger partial charge < -0.3 is 14.2 Å². The number of aryl methyl sites for hydroxylation is 1. The summed E-state index contributed by atoms with van der Waals surface area (Å²) in [5, 5.41) is 3.92. The maximum absolute atomic E-state index is 12.6. The summed E-state index contributed by atoms with van der Waals surface area (Å²) in [4.78, 5) is 14.4. The predicted octanol–water partition coefficient (Wildman–Crippen LogP) is 3.27. The van der Waals surface area contributed by atoms with Gasteiger partial charge in [-0.25, -0.2) is 0 Å². The van der Waals surface area contributed by atoms with Crippen molar-refractivity contribution < 1.29 is 14.1 Å². The Morgan fingerprint density at radius 3 is 2.83 bits per heavy atom. The quantitative estimate of drug-likeness (QED) is 0.845. The minimum atomic E-state index is -0.0707. The van der Waals surface area contributed by atoms with Crippen molar-refractivity contribution in [2.75, 3.05) is 19.7 Å². The number of amides is 1. The summed E-state index contributed by atoms with van der Waals surface area (Å²) in [6.07, 6.45) is 1.93. The molecule has 0 bridgehead atoms. The van der Waals surface area contributed by atoms with Crippen LogP contribution in [0.4, 0.5) is 0 Å². The third-order valence-corrected chi connectivity index (χ3v) is 4.34. The maximum atomic E-state index is 12.6. The normalized spacial score (nSPS) is 18.1. The van der Waals surface area contributed by atoms with E-state index in [1.807, 2.05) is 36.9 Å². The molecule has 1 atom stereocenters. The van der Waals surface area contributed by atoms with Crippen LogP contribution in [-0.2, 0) is 11.2 Å². The van der Waals surface area contributed by atoms with Crippen molar-refractivity contribution in [3.8, 4) is 0 Å². The fourth-order valence-corrected chi connectivity index (χ4v) is 2.87. The molecule has 0 spiro atoms. The van der Waals surface area contributed by atoms with E-state index in [2.05, 4.69) is 17.3 Å². The molecule has 0 unspecified atom stereocenters.